The van der Waals surface area contributed by atoms with Gasteiger partial charge in [0.2, 0.25) is 0 Å². The highest BCUT2D eigenvalue weighted by Gasteiger charge is 2.41. The summed E-state index contributed by atoms with van der Waals surface area (Å²) in [6.07, 6.45) is 4.73. The Labute approximate surface area is 187 Å². The number of hydrogen-bond donors (Lipinski definition) is 1. The van der Waals surface area contributed by atoms with E-state index < -0.39 is 23.3 Å². The predicted molar refractivity (Wildman–Crippen MR) is 118 cm³/mol. The number of alkyl halides is 2. The van der Waals surface area contributed by atoms with Gasteiger partial charge >= 0.3 is 6.11 Å². The average molecular weight is 450 g/mol. The van der Waals surface area contributed by atoms with Gasteiger partial charge in [0, 0.05) is 5.69 Å². The summed E-state index contributed by atoms with van der Waals surface area (Å²) >= 11 is 0. The molecule has 2 nitrogen and oxygen atoms in total. The lowest BCUT2D eigenvalue weighted by atomic mass is 9.68. The molecule has 0 aromatic heterocycles. The predicted octanol–water partition coefficient (Wildman–Crippen LogP) is 7.78. The van der Waals surface area contributed by atoms with E-state index in [1.807, 2.05) is 0 Å². The minimum absolute atomic E-state index is 0.00143. The number of ether oxygens (including phenoxy) is 1. The van der Waals surface area contributed by atoms with Crippen molar-refractivity contribution in [3.63, 3.8) is 0 Å². The van der Waals surface area contributed by atoms with Crippen molar-refractivity contribution in [1.29, 1.82) is 0 Å². The summed E-state index contributed by atoms with van der Waals surface area (Å²) < 4.78 is 63.2. The van der Waals surface area contributed by atoms with Crippen LogP contribution < -0.4 is 10.5 Å². The first-order valence-corrected chi connectivity index (χ1v) is 11.6. The number of anilines is 1. The number of rotatable bonds is 5. The quantitative estimate of drug-likeness (QED) is 0.374. The molecule has 0 aliphatic heterocycles. The number of hydrogen-bond acceptors (Lipinski definition) is 2. The molecule has 2 aliphatic rings. The van der Waals surface area contributed by atoms with E-state index in [0.717, 1.165) is 49.7 Å². The van der Waals surface area contributed by atoms with Crippen molar-refractivity contribution in [1.82, 2.24) is 0 Å². The van der Waals surface area contributed by atoms with Gasteiger partial charge in [-0.1, -0.05) is 19.8 Å². The summed E-state index contributed by atoms with van der Waals surface area (Å²) in [4.78, 5) is 0. The van der Waals surface area contributed by atoms with Gasteiger partial charge in [0.05, 0.1) is 0 Å². The molecule has 0 spiro atoms. The van der Waals surface area contributed by atoms with Crippen molar-refractivity contribution < 1.29 is 22.3 Å². The van der Waals surface area contributed by atoms with Gasteiger partial charge in [0.1, 0.15) is 22.9 Å². The molecule has 2 N–H and O–H groups in total. The van der Waals surface area contributed by atoms with Crippen LogP contribution in [0.4, 0.5) is 23.2 Å². The molecule has 2 fully saturated rings. The first kappa shape index (κ1) is 22.9. The molecule has 0 bridgehead atoms. The lowest BCUT2D eigenvalue weighted by molar-refractivity contribution is -0.189. The molecule has 0 amide bonds. The summed E-state index contributed by atoms with van der Waals surface area (Å²) in [6, 6.07) is 7.35. The Balaban J connectivity index is 1.44. The maximum atomic E-state index is 14.7. The summed E-state index contributed by atoms with van der Waals surface area (Å²) in [7, 11) is 0. The lowest BCUT2D eigenvalue weighted by Gasteiger charge is -2.37. The second kappa shape index (κ2) is 9.32. The number of nitrogen functional groups attached to an aromatic ring is 1. The van der Waals surface area contributed by atoms with Crippen molar-refractivity contribution in [2.75, 3.05) is 5.73 Å². The van der Waals surface area contributed by atoms with Gasteiger partial charge in [0.25, 0.3) is 0 Å². The van der Waals surface area contributed by atoms with Gasteiger partial charge in [0.15, 0.2) is 0 Å². The Bertz CT molecular complexity index is 891. The van der Waals surface area contributed by atoms with E-state index >= 15 is 0 Å². The van der Waals surface area contributed by atoms with Gasteiger partial charge < -0.3 is 10.5 Å². The van der Waals surface area contributed by atoms with Crippen LogP contribution in [0.1, 0.15) is 75.3 Å². The number of nitrogens with two attached hydrogens (primary N) is 1. The third kappa shape index (κ3) is 5.05. The fourth-order valence-electron chi connectivity index (χ4n) is 5.52. The topological polar surface area (TPSA) is 35.2 Å². The van der Waals surface area contributed by atoms with Gasteiger partial charge in [-0.05, 0) is 104 Å². The van der Waals surface area contributed by atoms with Crippen LogP contribution >= 0.6 is 0 Å². The largest absolute Gasteiger partial charge is 0.432 e. The Morgan fingerprint density at radius 2 is 1.31 bits per heavy atom. The van der Waals surface area contributed by atoms with Crippen LogP contribution in [-0.4, -0.2) is 0 Å². The monoisotopic (exact) mass is 449 g/mol. The van der Waals surface area contributed by atoms with Crippen LogP contribution in [0.5, 0.6) is 5.75 Å². The molecule has 4 rings (SSSR count). The number of halogens is 4. The fraction of sp³-hybridized carbons (Fsp3) is 0.538. The van der Waals surface area contributed by atoms with Crippen LogP contribution in [0.2, 0.25) is 0 Å². The second-order valence-corrected chi connectivity index (χ2v) is 9.68. The SMILES string of the molecule is CC1CCC(C2CCC(c3cc(F)c(C(F)(F)Oc4ccc(N)cc4)c(F)c3)CC2)CC1. The molecule has 32 heavy (non-hydrogen) atoms. The van der Waals surface area contributed by atoms with Gasteiger partial charge in [-0.25, -0.2) is 8.78 Å². The van der Waals surface area contributed by atoms with Gasteiger partial charge in [-0.2, -0.15) is 8.78 Å². The van der Waals surface area contributed by atoms with Gasteiger partial charge in [-0.15, -0.1) is 0 Å². The summed E-state index contributed by atoms with van der Waals surface area (Å²) in [5, 5.41) is 0. The number of benzene rings is 2. The van der Waals surface area contributed by atoms with Crippen LogP contribution in [0.3, 0.4) is 0 Å². The fourth-order valence-corrected chi connectivity index (χ4v) is 5.52. The van der Waals surface area contributed by atoms with Crippen LogP contribution in [-0.2, 0) is 6.11 Å². The zero-order valence-corrected chi connectivity index (χ0v) is 18.4. The zero-order chi connectivity index (χ0) is 22.9. The molecule has 0 heterocycles. The normalized spacial score (nSPS) is 26.7. The summed E-state index contributed by atoms with van der Waals surface area (Å²) in [5.41, 5.74) is 5.00. The third-order valence-corrected chi connectivity index (χ3v) is 7.45. The molecule has 2 saturated carbocycles. The van der Waals surface area contributed by atoms with Crippen molar-refractivity contribution in [3.05, 3.63) is 59.2 Å². The van der Waals surface area contributed by atoms with Crippen molar-refractivity contribution >= 4 is 5.69 Å². The first-order chi connectivity index (χ1) is 15.2. The Morgan fingerprint density at radius 3 is 1.84 bits per heavy atom. The molecule has 174 valence electrons. The molecular formula is C26H31F4NO. The van der Waals surface area contributed by atoms with E-state index in [1.165, 1.54) is 49.9 Å². The first-order valence-electron chi connectivity index (χ1n) is 11.6. The van der Waals surface area contributed by atoms with E-state index in [-0.39, 0.29) is 11.7 Å². The standard InChI is InChI=1S/C26H31F4NO/c1-16-2-4-17(5-3-16)18-6-8-19(9-7-18)20-14-23(27)25(24(28)15-20)26(29,30)32-22-12-10-21(31)11-13-22/h10-19H,2-9,31H2,1H3. The van der Waals surface area contributed by atoms with Crippen molar-refractivity contribution in [2.24, 2.45) is 17.8 Å². The Kier molecular flexibility index (Phi) is 6.68. The average Bonchev–Trinajstić information content (AvgIpc) is 2.75. The highest BCUT2D eigenvalue weighted by atomic mass is 19.3. The molecule has 2 aromatic rings. The van der Waals surface area contributed by atoms with Crippen molar-refractivity contribution in [2.45, 2.75) is 70.3 Å². The Morgan fingerprint density at radius 1 is 0.812 bits per heavy atom. The third-order valence-electron chi connectivity index (χ3n) is 7.45. The van der Waals surface area contributed by atoms with E-state index in [4.69, 9.17) is 5.73 Å². The second-order valence-electron chi connectivity index (χ2n) is 9.68. The van der Waals surface area contributed by atoms with Crippen LogP contribution in [0.25, 0.3) is 0 Å². The van der Waals surface area contributed by atoms with E-state index in [0.29, 0.717) is 17.2 Å². The minimum Gasteiger partial charge on any atom is -0.429 e. The molecule has 2 aliphatic carbocycles. The van der Waals surface area contributed by atoms with Crippen molar-refractivity contribution in [3.8, 4) is 5.75 Å². The Hall–Kier alpha value is -2.24. The summed E-state index contributed by atoms with van der Waals surface area (Å²) in [5.74, 6) is -0.527. The lowest BCUT2D eigenvalue weighted by Crippen LogP contribution is -2.26. The molecule has 0 radical (unpaired) electrons. The van der Waals surface area contributed by atoms with Gasteiger partial charge in [-0.3, -0.25) is 0 Å². The van der Waals surface area contributed by atoms with Crippen LogP contribution in [0.15, 0.2) is 36.4 Å². The molecular weight excluding hydrogens is 418 g/mol. The van der Waals surface area contributed by atoms with E-state index in [1.54, 1.807) is 0 Å². The molecule has 2 aromatic carbocycles. The molecule has 6 heteroatoms. The highest BCUT2D eigenvalue weighted by molar-refractivity contribution is 5.42. The molecule has 0 atom stereocenters. The van der Waals surface area contributed by atoms with E-state index in [2.05, 4.69) is 11.7 Å². The minimum atomic E-state index is -4.14. The maximum Gasteiger partial charge on any atom is 0.432 e. The highest BCUT2D eigenvalue weighted by Crippen LogP contribution is 2.45. The molecule has 0 unspecified atom stereocenters. The smallest absolute Gasteiger partial charge is 0.429 e. The summed E-state index contributed by atoms with van der Waals surface area (Å²) in [6.45, 7) is 2.31. The van der Waals surface area contributed by atoms with Crippen LogP contribution in [0, 0.1) is 29.4 Å². The maximum absolute atomic E-state index is 14.7. The molecule has 0 saturated heterocycles. The zero-order valence-electron chi connectivity index (χ0n) is 18.4. The van der Waals surface area contributed by atoms with E-state index in [9.17, 15) is 17.6 Å².